The van der Waals surface area contributed by atoms with E-state index < -0.39 is 0 Å². The highest BCUT2D eigenvalue weighted by Gasteiger charge is 2.33. The van der Waals surface area contributed by atoms with Crippen LogP contribution in [0.5, 0.6) is 0 Å². The van der Waals surface area contributed by atoms with Crippen molar-refractivity contribution in [1.29, 1.82) is 0 Å². The molecule has 0 saturated heterocycles. The Labute approximate surface area is 106 Å². The van der Waals surface area contributed by atoms with Crippen molar-refractivity contribution in [1.82, 2.24) is 9.55 Å². The number of imidazole rings is 1. The summed E-state index contributed by atoms with van der Waals surface area (Å²) in [5.74, 6) is 0.603. The van der Waals surface area contributed by atoms with Crippen LogP contribution in [-0.4, -0.2) is 9.55 Å². The first-order valence-electron chi connectivity index (χ1n) is 6.04. The molecule has 4 heteroatoms. The Bertz CT molecular complexity index is 567. The summed E-state index contributed by atoms with van der Waals surface area (Å²) in [5.41, 5.74) is 8.16. The van der Waals surface area contributed by atoms with E-state index >= 15 is 0 Å². The number of rotatable bonds is 1. The van der Waals surface area contributed by atoms with Crippen molar-refractivity contribution in [2.75, 3.05) is 5.73 Å². The van der Waals surface area contributed by atoms with Crippen LogP contribution in [0.25, 0.3) is 11.0 Å². The lowest BCUT2D eigenvalue weighted by Crippen LogP contribution is -2.27. The van der Waals surface area contributed by atoms with Gasteiger partial charge in [-0.2, -0.15) is 0 Å². The molecule has 2 aromatic rings. The lowest BCUT2D eigenvalue weighted by atomic mass is 10.00. The molecule has 3 rings (SSSR count). The van der Waals surface area contributed by atoms with Crippen LogP contribution in [0.15, 0.2) is 18.2 Å². The zero-order valence-corrected chi connectivity index (χ0v) is 10.7. The second-order valence-corrected chi connectivity index (χ2v) is 5.58. The van der Waals surface area contributed by atoms with E-state index in [1.165, 1.54) is 12.8 Å². The fraction of sp³-hybridized carbons (Fsp3) is 0.462. The van der Waals surface area contributed by atoms with Crippen LogP contribution in [0.3, 0.4) is 0 Å². The summed E-state index contributed by atoms with van der Waals surface area (Å²) in [4.78, 5) is 4.43. The average molecular weight is 250 g/mol. The van der Waals surface area contributed by atoms with Crippen molar-refractivity contribution < 1.29 is 0 Å². The Hall–Kier alpha value is -1.22. The number of nitrogens with two attached hydrogens (primary N) is 1. The summed E-state index contributed by atoms with van der Waals surface area (Å²) in [6.07, 6.45) is 4.84. The van der Waals surface area contributed by atoms with Gasteiger partial charge in [0.2, 0.25) is 5.95 Å². The van der Waals surface area contributed by atoms with Gasteiger partial charge in [-0.1, -0.05) is 24.4 Å². The Morgan fingerprint density at radius 2 is 2.06 bits per heavy atom. The second kappa shape index (κ2) is 3.64. The Kier molecular flexibility index (Phi) is 2.33. The number of nitrogen functional groups attached to an aromatic ring is 1. The van der Waals surface area contributed by atoms with Gasteiger partial charge >= 0.3 is 0 Å². The Morgan fingerprint density at radius 3 is 2.76 bits per heavy atom. The lowest BCUT2D eigenvalue weighted by Gasteiger charge is -2.27. The van der Waals surface area contributed by atoms with Crippen molar-refractivity contribution in [3.8, 4) is 0 Å². The minimum Gasteiger partial charge on any atom is -0.369 e. The molecule has 2 N–H and O–H groups in total. The van der Waals surface area contributed by atoms with E-state index in [-0.39, 0.29) is 5.54 Å². The van der Waals surface area contributed by atoms with Gasteiger partial charge in [0.25, 0.3) is 0 Å². The average Bonchev–Trinajstić information content (AvgIpc) is 2.82. The Balaban J connectivity index is 2.27. The summed E-state index contributed by atoms with van der Waals surface area (Å²) in [6.45, 7) is 2.26. The van der Waals surface area contributed by atoms with Crippen LogP contribution in [0.2, 0.25) is 5.02 Å². The van der Waals surface area contributed by atoms with Gasteiger partial charge in [0.15, 0.2) is 0 Å². The fourth-order valence-electron chi connectivity index (χ4n) is 2.99. The predicted octanol–water partition coefficient (Wildman–Crippen LogP) is 3.56. The van der Waals surface area contributed by atoms with Gasteiger partial charge in [-0.25, -0.2) is 4.98 Å². The maximum absolute atomic E-state index is 6.08. The van der Waals surface area contributed by atoms with E-state index in [9.17, 15) is 0 Å². The van der Waals surface area contributed by atoms with Crippen LogP contribution in [0.1, 0.15) is 32.6 Å². The van der Waals surface area contributed by atoms with Crippen LogP contribution in [0, 0.1) is 0 Å². The first-order chi connectivity index (χ1) is 8.10. The Morgan fingerprint density at radius 1 is 1.35 bits per heavy atom. The highest BCUT2D eigenvalue weighted by molar-refractivity contribution is 6.31. The highest BCUT2D eigenvalue weighted by Crippen LogP contribution is 2.40. The molecule has 1 aliphatic carbocycles. The molecule has 17 heavy (non-hydrogen) atoms. The number of aromatic nitrogens is 2. The number of nitrogens with zero attached hydrogens (tertiary/aromatic N) is 2. The maximum Gasteiger partial charge on any atom is 0.201 e. The first-order valence-corrected chi connectivity index (χ1v) is 6.42. The number of anilines is 1. The monoisotopic (exact) mass is 249 g/mol. The second-order valence-electron chi connectivity index (χ2n) is 5.14. The van der Waals surface area contributed by atoms with E-state index in [1.807, 2.05) is 18.2 Å². The summed E-state index contributed by atoms with van der Waals surface area (Å²) >= 11 is 6.07. The van der Waals surface area contributed by atoms with Crippen LogP contribution >= 0.6 is 11.6 Å². The standard InChI is InChI=1S/C13H16ClN3/c1-13(6-2-3-7-13)17-11-8-9(14)4-5-10(11)16-12(17)15/h4-5,8H,2-3,6-7H2,1H3,(H2,15,16). The number of fused-ring (bicyclic) bond motifs is 1. The summed E-state index contributed by atoms with van der Waals surface area (Å²) in [6, 6.07) is 5.75. The minimum absolute atomic E-state index is 0.101. The topological polar surface area (TPSA) is 43.8 Å². The SMILES string of the molecule is CC1(n2c(N)nc3ccc(Cl)cc32)CCCC1. The van der Waals surface area contributed by atoms with E-state index in [2.05, 4.69) is 16.5 Å². The summed E-state index contributed by atoms with van der Waals surface area (Å²) < 4.78 is 2.17. The maximum atomic E-state index is 6.08. The van der Waals surface area contributed by atoms with E-state index in [0.717, 1.165) is 28.9 Å². The first kappa shape index (κ1) is 10.9. The third-order valence-electron chi connectivity index (χ3n) is 3.86. The van der Waals surface area contributed by atoms with Crippen molar-refractivity contribution in [2.24, 2.45) is 0 Å². The molecule has 1 fully saturated rings. The lowest BCUT2D eigenvalue weighted by molar-refractivity contribution is 0.344. The molecule has 1 heterocycles. The minimum atomic E-state index is 0.101. The number of hydrogen-bond donors (Lipinski definition) is 1. The molecule has 3 nitrogen and oxygen atoms in total. The van der Waals surface area contributed by atoms with Crippen LogP contribution in [-0.2, 0) is 5.54 Å². The molecule has 0 amide bonds. The summed E-state index contributed by atoms with van der Waals surface area (Å²) in [7, 11) is 0. The zero-order valence-electron chi connectivity index (χ0n) is 9.91. The molecular formula is C13H16ClN3. The molecule has 0 radical (unpaired) electrons. The molecule has 0 aliphatic heterocycles. The third-order valence-corrected chi connectivity index (χ3v) is 4.10. The number of benzene rings is 1. The van der Waals surface area contributed by atoms with Crippen molar-refractivity contribution in [3.63, 3.8) is 0 Å². The van der Waals surface area contributed by atoms with Crippen molar-refractivity contribution in [2.45, 2.75) is 38.1 Å². The molecule has 1 aromatic heterocycles. The fourth-order valence-corrected chi connectivity index (χ4v) is 3.16. The van der Waals surface area contributed by atoms with Crippen LogP contribution < -0.4 is 5.73 Å². The molecule has 0 unspecified atom stereocenters. The van der Waals surface area contributed by atoms with Gasteiger partial charge < -0.3 is 10.3 Å². The zero-order chi connectivity index (χ0) is 12.0. The molecule has 0 bridgehead atoms. The van der Waals surface area contributed by atoms with Gasteiger partial charge in [0.1, 0.15) is 0 Å². The van der Waals surface area contributed by atoms with Crippen LogP contribution in [0.4, 0.5) is 5.95 Å². The van der Waals surface area contributed by atoms with Gasteiger partial charge in [-0.15, -0.1) is 0 Å². The van der Waals surface area contributed by atoms with Gasteiger partial charge in [0.05, 0.1) is 11.0 Å². The summed E-state index contributed by atoms with van der Waals surface area (Å²) in [5, 5.41) is 0.736. The van der Waals surface area contributed by atoms with Gasteiger partial charge in [-0.05, 0) is 38.0 Å². The van der Waals surface area contributed by atoms with Crippen molar-refractivity contribution in [3.05, 3.63) is 23.2 Å². The predicted molar refractivity (Wildman–Crippen MR) is 71.3 cm³/mol. The smallest absolute Gasteiger partial charge is 0.201 e. The quantitative estimate of drug-likeness (QED) is 0.840. The normalized spacial score (nSPS) is 18.9. The molecule has 90 valence electrons. The van der Waals surface area contributed by atoms with E-state index in [1.54, 1.807) is 0 Å². The molecule has 1 aliphatic rings. The van der Waals surface area contributed by atoms with E-state index in [4.69, 9.17) is 17.3 Å². The van der Waals surface area contributed by atoms with Gasteiger partial charge in [0, 0.05) is 10.6 Å². The number of hydrogen-bond acceptors (Lipinski definition) is 2. The molecule has 0 spiro atoms. The molecule has 1 saturated carbocycles. The molecule has 0 atom stereocenters. The van der Waals surface area contributed by atoms with Crippen molar-refractivity contribution >= 4 is 28.6 Å². The number of halogens is 1. The highest BCUT2D eigenvalue weighted by atomic mass is 35.5. The largest absolute Gasteiger partial charge is 0.369 e. The van der Waals surface area contributed by atoms with Gasteiger partial charge in [-0.3, -0.25) is 0 Å². The third kappa shape index (κ3) is 1.61. The molecular weight excluding hydrogens is 234 g/mol. The van der Waals surface area contributed by atoms with E-state index in [0.29, 0.717) is 5.95 Å². The molecule has 1 aromatic carbocycles.